The molecule has 6 nitrogen and oxygen atoms in total. The van der Waals surface area contributed by atoms with Crippen molar-refractivity contribution in [3.05, 3.63) is 59.7 Å². The van der Waals surface area contributed by atoms with Gasteiger partial charge in [-0.3, -0.25) is 0 Å². The molecule has 0 amide bonds. The zero-order valence-corrected chi connectivity index (χ0v) is 18.1. The SMILES string of the molecule is CC1CCN(S(=O)(=O)c2ccc(S(=O)(=O)N3CCc4ccccc4C3)cc2)CC1. The predicted octanol–water partition coefficient (Wildman–Crippen LogP) is 2.85. The van der Waals surface area contributed by atoms with Crippen molar-refractivity contribution in [2.45, 2.75) is 42.5 Å². The minimum Gasteiger partial charge on any atom is -0.207 e. The Labute approximate surface area is 173 Å². The van der Waals surface area contributed by atoms with Gasteiger partial charge < -0.3 is 0 Å². The zero-order chi connectivity index (χ0) is 20.6. The molecular weight excluding hydrogens is 408 g/mol. The summed E-state index contributed by atoms with van der Waals surface area (Å²) in [4.78, 5) is 0.276. The molecule has 1 fully saturated rings. The molecule has 156 valence electrons. The molecule has 0 aromatic heterocycles. The average Bonchev–Trinajstić information content (AvgIpc) is 2.74. The number of hydrogen-bond acceptors (Lipinski definition) is 4. The molecule has 4 rings (SSSR count). The second-order valence-corrected chi connectivity index (χ2v) is 11.8. The Morgan fingerprint density at radius 3 is 1.83 bits per heavy atom. The maximum Gasteiger partial charge on any atom is 0.243 e. The highest BCUT2D eigenvalue weighted by molar-refractivity contribution is 7.89. The third-order valence-corrected chi connectivity index (χ3v) is 9.71. The fourth-order valence-electron chi connectivity index (χ4n) is 3.98. The van der Waals surface area contributed by atoms with Crippen LogP contribution in [0.1, 0.15) is 30.9 Å². The minimum absolute atomic E-state index is 0.128. The second-order valence-electron chi connectivity index (χ2n) is 7.92. The molecule has 0 radical (unpaired) electrons. The molecular formula is C21H26N2O4S2. The molecule has 8 heteroatoms. The van der Waals surface area contributed by atoms with E-state index in [-0.39, 0.29) is 9.79 Å². The average molecular weight is 435 g/mol. The minimum atomic E-state index is -3.67. The Morgan fingerprint density at radius 2 is 1.24 bits per heavy atom. The van der Waals surface area contributed by atoms with E-state index in [1.807, 2.05) is 24.3 Å². The van der Waals surface area contributed by atoms with Crippen LogP contribution >= 0.6 is 0 Å². The number of rotatable bonds is 4. The molecule has 29 heavy (non-hydrogen) atoms. The standard InChI is InChI=1S/C21H26N2O4S2/c1-17-10-13-22(14-11-17)28(24,25)20-6-8-21(9-7-20)29(26,27)23-15-12-18-4-2-3-5-19(18)16-23/h2-9,17H,10-16H2,1H3. The summed E-state index contributed by atoms with van der Waals surface area (Å²) in [7, 11) is -7.26. The van der Waals surface area contributed by atoms with Crippen molar-refractivity contribution in [1.29, 1.82) is 0 Å². The summed E-state index contributed by atoms with van der Waals surface area (Å²) in [6.07, 6.45) is 2.37. The lowest BCUT2D eigenvalue weighted by atomic mass is 10.0. The van der Waals surface area contributed by atoms with Gasteiger partial charge in [-0.25, -0.2) is 16.8 Å². The molecule has 0 atom stereocenters. The molecule has 1 saturated heterocycles. The van der Waals surface area contributed by atoms with Crippen LogP contribution in [0.4, 0.5) is 0 Å². The molecule has 0 aliphatic carbocycles. The number of piperidine rings is 1. The van der Waals surface area contributed by atoms with Gasteiger partial charge in [-0.05, 0) is 60.6 Å². The molecule has 2 heterocycles. The summed E-state index contributed by atoms with van der Waals surface area (Å²) in [5, 5.41) is 0. The topological polar surface area (TPSA) is 74.8 Å². The first-order valence-electron chi connectivity index (χ1n) is 9.95. The van der Waals surface area contributed by atoms with E-state index in [2.05, 4.69) is 6.92 Å². The van der Waals surface area contributed by atoms with Crippen LogP contribution in [0.2, 0.25) is 0 Å². The molecule has 2 aromatic rings. The van der Waals surface area contributed by atoms with Crippen LogP contribution in [0.5, 0.6) is 0 Å². The first-order valence-corrected chi connectivity index (χ1v) is 12.8. The van der Waals surface area contributed by atoms with Crippen molar-refractivity contribution in [1.82, 2.24) is 8.61 Å². The summed E-state index contributed by atoms with van der Waals surface area (Å²) in [6.45, 7) is 3.91. The molecule has 2 aliphatic rings. The van der Waals surface area contributed by atoms with Gasteiger partial charge in [-0.15, -0.1) is 0 Å². The van der Waals surface area contributed by atoms with Gasteiger partial charge in [-0.2, -0.15) is 8.61 Å². The van der Waals surface area contributed by atoms with Crippen molar-refractivity contribution in [3.63, 3.8) is 0 Å². The Morgan fingerprint density at radius 1 is 0.724 bits per heavy atom. The molecule has 0 saturated carbocycles. The van der Waals surface area contributed by atoms with Crippen LogP contribution in [-0.4, -0.2) is 45.1 Å². The first-order chi connectivity index (χ1) is 13.8. The smallest absolute Gasteiger partial charge is 0.207 e. The predicted molar refractivity (Wildman–Crippen MR) is 111 cm³/mol. The lowest BCUT2D eigenvalue weighted by molar-refractivity contribution is 0.288. The molecule has 2 aromatic carbocycles. The molecule has 2 aliphatic heterocycles. The van der Waals surface area contributed by atoms with Crippen LogP contribution in [0.3, 0.4) is 0 Å². The lowest BCUT2D eigenvalue weighted by Gasteiger charge is -2.29. The quantitative estimate of drug-likeness (QED) is 0.742. The number of nitrogens with zero attached hydrogens (tertiary/aromatic N) is 2. The van der Waals surface area contributed by atoms with Crippen LogP contribution in [0.15, 0.2) is 58.3 Å². The number of fused-ring (bicyclic) bond motifs is 1. The maximum atomic E-state index is 13.1. The Bertz CT molecular complexity index is 1090. The monoisotopic (exact) mass is 434 g/mol. The van der Waals surface area contributed by atoms with E-state index in [4.69, 9.17) is 0 Å². The van der Waals surface area contributed by atoms with E-state index in [9.17, 15) is 16.8 Å². The highest BCUT2D eigenvalue weighted by Gasteiger charge is 2.30. The largest absolute Gasteiger partial charge is 0.243 e. The number of benzene rings is 2. The van der Waals surface area contributed by atoms with Gasteiger partial charge in [0.1, 0.15) is 0 Å². The van der Waals surface area contributed by atoms with Crippen LogP contribution < -0.4 is 0 Å². The fourth-order valence-corrected chi connectivity index (χ4v) is 6.87. The van der Waals surface area contributed by atoms with Crippen molar-refractivity contribution in [3.8, 4) is 0 Å². The van der Waals surface area contributed by atoms with Crippen LogP contribution in [0, 0.1) is 5.92 Å². The van der Waals surface area contributed by atoms with Gasteiger partial charge in [0, 0.05) is 26.2 Å². The van der Waals surface area contributed by atoms with Gasteiger partial charge in [-0.1, -0.05) is 31.2 Å². The van der Waals surface area contributed by atoms with Gasteiger partial charge in [0.15, 0.2) is 0 Å². The van der Waals surface area contributed by atoms with E-state index in [0.29, 0.717) is 38.5 Å². The number of sulfonamides is 2. The summed E-state index contributed by atoms with van der Waals surface area (Å²) < 4.78 is 54.8. The van der Waals surface area contributed by atoms with Crippen LogP contribution in [-0.2, 0) is 33.0 Å². The van der Waals surface area contributed by atoms with E-state index in [1.165, 1.54) is 38.4 Å². The fraction of sp³-hybridized carbons (Fsp3) is 0.429. The maximum absolute atomic E-state index is 13.1. The van der Waals surface area contributed by atoms with Gasteiger partial charge in [0.2, 0.25) is 20.0 Å². The Kier molecular flexibility index (Phi) is 5.54. The molecule has 0 N–H and O–H groups in total. The Balaban J connectivity index is 1.54. The summed E-state index contributed by atoms with van der Waals surface area (Å²) >= 11 is 0. The summed E-state index contributed by atoms with van der Waals surface area (Å²) in [6, 6.07) is 13.5. The molecule has 0 spiro atoms. The number of hydrogen-bond donors (Lipinski definition) is 0. The summed E-state index contributed by atoms with van der Waals surface area (Å²) in [5.41, 5.74) is 2.19. The van der Waals surface area contributed by atoms with Crippen molar-refractivity contribution >= 4 is 20.0 Å². The van der Waals surface area contributed by atoms with E-state index >= 15 is 0 Å². The molecule has 0 unspecified atom stereocenters. The highest BCUT2D eigenvalue weighted by atomic mass is 32.2. The van der Waals surface area contributed by atoms with Gasteiger partial charge >= 0.3 is 0 Å². The third kappa shape index (κ3) is 3.99. The normalized spacial score (nSPS) is 19.8. The van der Waals surface area contributed by atoms with Gasteiger partial charge in [0.05, 0.1) is 9.79 Å². The van der Waals surface area contributed by atoms with Crippen molar-refractivity contribution in [2.24, 2.45) is 5.92 Å². The van der Waals surface area contributed by atoms with Crippen molar-refractivity contribution < 1.29 is 16.8 Å². The highest BCUT2D eigenvalue weighted by Crippen LogP contribution is 2.27. The zero-order valence-electron chi connectivity index (χ0n) is 16.5. The Hall–Kier alpha value is -1.74. The third-order valence-electron chi connectivity index (χ3n) is 5.94. The van der Waals surface area contributed by atoms with Crippen molar-refractivity contribution in [2.75, 3.05) is 19.6 Å². The van der Waals surface area contributed by atoms with E-state index in [0.717, 1.165) is 18.4 Å². The van der Waals surface area contributed by atoms with Crippen LogP contribution in [0.25, 0.3) is 0 Å². The van der Waals surface area contributed by atoms with Gasteiger partial charge in [0.25, 0.3) is 0 Å². The van der Waals surface area contributed by atoms with E-state index in [1.54, 1.807) is 0 Å². The second kappa shape index (κ2) is 7.83. The summed E-state index contributed by atoms with van der Waals surface area (Å²) in [5.74, 6) is 0.531. The molecule has 0 bridgehead atoms. The lowest BCUT2D eigenvalue weighted by Crippen LogP contribution is -2.38. The van der Waals surface area contributed by atoms with E-state index < -0.39 is 20.0 Å². The first kappa shape index (κ1) is 20.5.